The summed E-state index contributed by atoms with van der Waals surface area (Å²) in [5.41, 5.74) is 2.44. The number of aryl methyl sites for hydroxylation is 2. The average molecular weight is 397 g/mol. The van der Waals surface area contributed by atoms with Gasteiger partial charge in [0.2, 0.25) is 5.91 Å². The molecule has 3 aromatic rings. The van der Waals surface area contributed by atoms with Crippen LogP contribution in [0.15, 0.2) is 35.1 Å². The Morgan fingerprint density at radius 2 is 1.90 bits per heavy atom. The monoisotopic (exact) mass is 397 g/mol. The van der Waals surface area contributed by atoms with Crippen molar-refractivity contribution in [1.29, 1.82) is 0 Å². The van der Waals surface area contributed by atoms with Crippen molar-refractivity contribution in [2.45, 2.75) is 46.8 Å². The maximum absolute atomic E-state index is 13.0. The van der Waals surface area contributed by atoms with Gasteiger partial charge in [-0.25, -0.2) is 9.36 Å². The normalized spacial score (nSPS) is 11.3. The Morgan fingerprint density at radius 3 is 2.59 bits per heavy atom. The van der Waals surface area contributed by atoms with Crippen LogP contribution in [0.1, 0.15) is 31.7 Å². The summed E-state index contributed by atoms with van der Waals surface area (Å²) in [6.07, 6.45) is 0.885. The number of rotatable bonds is 8. The fourth-order valence-corrected chi connectivity index (χ4v) is 3.15. The van der Waals surface area contributed by atoms with Crippen LogP contribution in [-0.2, 0) is 16.1 Å². The number of hydrogen-bond acceptors (Lipinski definition) is 5. The molecule has 0 unspecified atom stereocenters. The largest absolute Gasteiger partial charge is 0.379 e. The van der Waals surface area contributed by atoms with E-state index in [-0.39, 0.29) is 24.1 Å². The maximum atomic E-state index is 13.0. The zero-order chi connectivity index (χ0) is 21.0. The molecule has 1 amide bonds. The number of amides is 1. The summed E-state index contributed by atoms with van der Waals surface area (Å²) in [6.45, 7) is 8.53. The standard InChI is InChI=1S/C21H27N5O3/c1-14(2)29-12-8-11-22-18(27)13-25-21(28)19-16(4)26(17-9-6-5-7-10-17)24-20(19)15(3)23-25/h5-7,9-10,14H,8,11-13H2,1-4H3,(H,22,27). The second-order valence-electron chi connectivity index (χ2n) is 7.23. The predicted molar refractivity (Wildman–Crippen MR) is 111 cm³/mol. The van der Waals surface area contributed by atoms with Crippen molar-refractivity contribution in [2.75, 3.05) is 13.2 Å². The molecule has 0 aliphatic heterocycles. The average Bonchev–Trinajstić information content (AvgIpc) is 3.04. The van der Waals surface area contributed by atoms with E-state index in [1.54, 1.807) is 11.6 Å². The molecule has 0 aliphatic rings. The summed E-state index contributed by atoms with van der Waals surface area (Å²) >= 11 is 0. The van der Waals surface area contributed by atoms with Crippen LogP contribution >= 0.6 is 0 Å². The first-order chi connectivity index (χ1) is 13.9. The highest BCUT2D eigenvalue weighted by atomic mass is 16.5. The Labute approximate surface area is 169 Å². The van der Waals surface area contributed by atoms with Crippen LogP contribution in [0.2, 0.25) is 0 Å². The molecular formula is C21H27N5O3. The molecule has 3 rings (SSSR count). The third-order valence-electron chi connectivity index (χ3n) is 4.57. The van der Waals surface area contributed by atoms with E-state index in [9.17, 15) is 9.59 Å². The highest BCUT2D eigenvalue weighted by Gasteiger charge is 2.18. The lowest BCUT2D eigenvalue weighted by Gasteiger charge is -2.09. The first kappa shape index (κ1) is 20.7. The van der Waals surface area contributed by atoms with Crippen LogP contribution in [0.25, 0.3) is 16.6 Å². The number of carbonyl (C=O) groups is 1. The van der Waals surface area contributed by atoms with Crippen molar-refractivity contribution in [2.24, 2.45) is 0 Å². The van der Waals surface area contributed by atoms with E-state index < -0.39 is 0 Å². The van der Waals surface area contributed by atoms with Gasteiger partial charge in [0, 0.05) is 13.2 Å². The Morgan fingerprint density at radius 1 is 1.17 bits per heavy atom. The van der Waals surface area contributed by atoms with Gasteiger partial charge in [0.1, 0.15) is 12.1 Å². The Balaban J connectivity index is 1.80. The predicted octanol–water partition coefficient (Wildman–Crippen LogP) is 2.13. The van der Waals surface area contributed by atoms with Crippen LogP contribution in [0, 0.1) is 13.8 Å². The number of fused-ring (bicyclic) bond motifs is 1. The molecule has 0 saturated carbocycles. The van der Waals surface area contributed by atoms with E-state index in [1.165, 1.54) is 4.68 Å². The van der Waals surface area contributed by atoms with Gasteiger partial charge in [0.25, 0.3) is 5.56 Å². The number of nitrogens with one attached hydrogen (secondary N) is 1. The zero-order valence-electron chi connectivity index (χ0n) is 17.3. The molecule has 8 heteroatoms. The number of aromatic nitrogens is 4. The molecule has 0 radical (unpaired) electrons. The number of carbonyl (C=O) groups excluding carboxylic acids is 1. The maximum Gasteiger partial charge on any atom is 0.278 e. The van der Waals surface area contributed by atoms with Gasteiger partial charge in [-0.3, -0.25) is 9.59 Å². The Kier molecular flexibility index (Phi) is 6.43. The van der Waals surface area contributed by atoms with E-state index in [2.05, 4.69) is 15.5 Å². The summed E-state index contributed by atoms with van der Waals surface area (Å²) in [5, 5.41) is 12.2. The second kappa shape index (κ2) is 9.00. The summed E-state index contributed by atoms with van der Waals surface area (Å²) in [7, 11) is 0. The number of hydrogen-bond donors (Lipinski definition) is 1. The molecule has 29 heavy (non-hydrogen) atoms. The molecule has 0 fully saturated rings. The topological polar surface area (TPSA) is 91.0 Å². The van der Waals surface area contributed by atoms with Gasteiger partial charge in [-0.05, 0) is 46.2 Å². The molecule has 1 aromatic carbocycles. The summed E-state index contributed by atoms with van der Waals surface area (Å²) in [6, 6.07) is 9.62. The zero-order valence-corrected chi connectivity index (χ0v) is 17.3. The second-order valence-corrected chi connectivity index (χ2v) is 7.23. The minimum atomic E-state index is -0.316. The van der Waals surface area contributed by atoms with Crippen molar-refractivity contribution in [3.8, 4) is 5.69 Å². The molecule has 8 nitrogen and oxygen atoms in total. The van der Waals surface area contributed by atoms with Gasteiger partial charge < -0.3 is 10.1 Å². The molecular weight excluding hydrogens is 370 g/mol. The molecule has 154 valence electrons. The van der Waals surface area contributed by atoms with Gasteiger partial charge in [-0.1, -0.05) is 18.2 Å². The Hall–Kier alpha value is -3.00. The first-order valence-electron chi connectivity index (χ1n) is 9.79. The summed E-state index contributed by atoms with van der Waals surface area (Å²) in [4.78, 5) is 25.2. The van der Waals surface area contributed by atoms with Crippen molar-refractivity contribution < 1.29 is 9.53 Å². The van der Waals surface area contributed by atoms with E-state index in [0.29, 0.717) is 36.2 Å². The molecule has 0 saturated heterocycles. The van der Waals surface area contributed by atoms with E-state index in [4.69, 9.17) is 4.74 Å². The highest BCUT2D eigenvalue weighted by molar-refractivity contribution is 5.83. The van der Waals surface area contributed by atoms with Crippen molar-refractivity contribution in [1.82, 2.24) is 24.9 Å². The fourth-order valence-electron chi connectivity index (χ4n) is 3.15. The van der Waals surface area contributed by atoms with Crippen LogP contribution < -0.4 is 10.9 Å². The fraction of sp³-hybridized carbons (Fsp3) is 0.429. The molecule has 0 aliphatic carbocycles. The van der Waals surface area contributed by atoms with Crippen molar-refractivity contribution >= 4 is 16.8 Å². The van der Waals surface area contributed by atoms with Crippen LogP contribution in [0.4, 0.5) is 0 Å². The Bertz CT molecular complexity index is 1050. The molecule has 0 spiro atoms. The lowest BCUT2D eigenvalue weighted by atomic mass is 10.2. The number of para-hydroxylation sites is 1. The quantitative estimate of drug-likeness (QED) is 0.588. The molecule has 2 aromatic heterocycles. The SMILES string of the molecule is Cc1nn(CC(=O)NCCCOC(C)C)c(=O)c2c(C)n(-c3ccccc3)nc12. The minimum Gasteiger partial charge on any atom is -0.379 e. The number of ether oxygens (including phenoxy) is 1. The van der Waals surface area contributed by atoms with E-state index in [0.717, 1.165) is 11.4 Å². The molecule has 1 N–H and O–H groups in total. The first-order valence-corrected chi connectivity index (χ1v) is 9.79. The molecule has 2 heterocycles. The van der Waals surface area contributed by atoms with Gasteiger partial charge in [-0.15, -0.1) is 0 Å². The van der Waals surface area contributed by atoms with Crippen LogP contribution in [0.3, 0.4) is 0 Å². The smallest absolute Gasteiger partial charge is 0.278 e. The number of nitrogens with zero attached hydrogens (tertiary/aromatic N) is 4. The van der Waals surface area contributed by atoms with Crippen LogP contribution in [0.5, 0.6) is 0 Å². The lowest BCUT2D eigenvalue weighted by Crippen LogP contribution is -2.34. The third kappa shape index (κ3) is 4.71. The lowest BCUT2D eigenvalue weighted by molar-refractivity contribution is -0.121. The van der Waals surface area contributed by atoms with Gasteiger partial charge in [-0.2, -0.15) is 10.2 Å². The number of benzene rings is 1. The van der Waals surface area contributed by atoms with Gasteiger partial charge in [0.05, 0.1) is 28.6 Å². The van der Waals surface area contributed by atoms with E-state index in [1.807, 2.05) is 51.1 Å². The third-order valence-corrected chi connectivity index (χ3v) is 4.57. The van der Waals surface area contributed by atoms with Gasteiger partial charge >= 0.3 is 0 Å². The van der Waals surface area contributed by atoms with Gasteiger partial charge in [0.15, 0.2) is 0 Å². The molecule has 0 atom stereocenters. The van der Waals surface area contributed by atoms with Crippen LogP contribution in [-0.4, -0.2) is 44.7 Å². The van der Waals surface area contributed by atoms with Crippen molar-refractivity contribution in [3.63, 3.8) is 0 Å². The summed E-state index contributed by atoms with van der Waals surface area (Å²) in [5.74, 6) is -0.254. The van der Waals surface area contributed by atoms with Crippen molar-refractivity contribution in [3.05, 3.63) is 52.1 Å². The van der Waals surface area contributed by atoms with E-state index >= 15 is 0 Å². The summed E-state index contributed by atoms with van der Waals surface area (Å²) < 4.78 is 8.39. The molecule has 0 bridgehead atoms. The minimum absolute atomic E-state index is 0.128. The highest BCUT2D eigenvalue weighted by Crippen LogP contribution is 2.19.